The Balaban J connectivity index is 2.23. The zero-order chi connectivity index (χ0) is 11.4. The normalized spacial score (nSPS) is 14.6. The van der Waals surface area contributed by atoms with Crippen molar-refractivity contribution < 1.29 is 9.53 Å². The fourth-order valence-electron chi connectivity index (χ4n) is 1.98. The third-order valence-corrected chi connectivity index (χ3v) is 2.80. The van der Waals surface area contributed by atoms with Crippen LogP contribution in [0.4, 0.5) is 5.69 Å². The van der Waals surface area contributed by atoms with E-state index in [1.165, 1.54) is 18.4 Å². The first-order chi connectivity index (χ1) is 7.81. The highest BCUT2D eigenvalue weighted by molar-refractivity contribution is 5.90. The summed E-state index contributed by atoms with van der Waals surface area (Å²) in [5.41, 5.74) is 3.04. The number of aryl methyl sites for hydroxylation is 1. The summed E-state index contributed by atoms with van der Waals surface area (Å²) in [4.78, 5) is 11.6. The minimum Gasteiger partial charge on any atom is -0.462 e. The van der Waals surface area contributed by atoms with Crippen LogP contribution in [0.15, 0.2) is 18.2 Å². The molecule has 1 aliphatic rings. The van der Waals surface area contributed by atoms with Gasteiger partial charge in [0.2, 0.25) is 0 Å². The number of anilines is 1. The van der Waals surface area contributed by atoms with Gasteiger partial charge in [0.25, 0.3) is 0 Å². The molecule has 0 amide bonds. The number of fused-ring (bicyclic) bond motifs is 1. The van der Waals surface area contributed by atoms with Crippen LogP contribution in [0.2, 0.25) is 0 Å². The lowest BCUT2D eigenvalue weighted by Crippen LogP contribution is -2.06. The highest BCUT2D eigenvalue weighted by Crippen LogP contribution is 2.22. The lowest BCUT2D eigenvalue weighted by Gasteiger charge is -2.09. The van der Waals surface area contributed by atoms with Crippen LogP contribution in [-0.2, 0) is 11.2 Å². The summed E-state index contributed by atoms with van der Waals surface area (Å²) in [7, 11) is 0. The summed E-state index contributed by atoms with van der Waals surface area (Å²) in [6, 6.07) is 5.76. The second-order valence-corrected chi connectivity index (χ2v) is 3.98. The molecule has 3 nitrogen and oxygen atoms in total. The number of rotatable bonds is 2. The van der Waals surface area contributed by atoms with Gasteiger partial charge in [-0.25, -0.2) is 4.79 Å². The first-order valence-corrected chi connectivity index (χ1v) is 5.85. The van der Waals surface area contributed by atoms with Gasteiger partial charge in [0.05, 0.1) is 12.2 Å². The van der Waals surface area contributed by atoms with Crippen LogP contribution in [0.3, 0.4) is 0 Å². The maximum absolute atomic E-state index is 11.6. The molecule has 0 saturated carbocycles. The fourth-order valence-corrected chi connectivity index (χ4v) is 1.98. The van der Waals surface area contributed by atoms with E-state index in [1.807, 2.05) is 25.1 Å². The zero-order valence-corrected chi connectivity index (χ0v) is 9.58. The second kappa shape index (κ2) is 5.01. The number of carbonyl (C=O) groups is 1. The molecule has 0 atom stereocenters. The third-order valence-electron chi connectivity index (χ3n) is 2.80. The van der Waals surface area contributed by atoms with Gasteiger partial charge in [-0.05, 0) is 49.9 Å². The van der Waals surface area contributed by atoms with Crippen LogP contribution in [-0.4, -0.2) is 19.1 Å². The number of benzene rings is 1. The molecule has 0 bridgehead atoms. The van der Waals surface area contributed by atoms with Crippen molar-refractivity contribution in [3.8, 4) is 0 Å². The molecular weight excluding hydrogens is 202 g/mol. The van der Waals surface area contributed by atoms with Crippen LogP contribution in [0.1, 0.15) is 35.7 Å². The van der Waals surface area contributed by atoms with E-state index in [4.69, 9.17) is 4.74 Å². The average Bonchev–Trinajstić information content (AvgIpc) is 2.53. The van der Waals surface area contributed by atoms with Gasteiger partial charge in [-0.1, -0.05) is 0 Å². The number of hydrogen-bond acceptors (Lipinski definition) is 3. The van der Waals surface area contributed by atoms with Gasteiger partial charge in [0.1, 0.15) is 0 Å². The first-order valence-electron chi connectivity index (χ1n) is 5.85. The van der Waals surface area contributed by atoms with Crippen molar-refractivity contribution in [3.05, 3.63) is 29.3 Å². The third kappa shape index (κ3) is 2.35. The van der Waals surface area contributed by atoms with Gasteiger partial charge in [-0.3, -0.25) is 0 Å². The van der Waals surface area contributed by atoms with E-state index < -0.39 is 0 Å². The van der Waals surface area contributed by atoms with Gasteiger partial charge < -0.3 is 10.1 Å². The van der Waals surface area contributed by atoms with E-state index in [0.29, 0.717) is 12.2 Å². The summed E-state index contributed by atoms with van der Waals surface area (Å²) >= 11 is 0. The van der Waals surface area contributed by atoms with Crippen molar-refractivity contribution in [2.45, 2.75) is 26.2 Å². The lowest BCUT2D eigenvalue weighted by atomic mass is 10.0. The first kappa shape index (κ1) is 11.0. The van der Waals surface area contributed by atoms with Gasteiger partial charge in [0, 0.05) is 12.2 Å². The highest BCUT2D eigenvalue weighted by atomic mass is 16.5. The Morgan fingerprint density at radius 1 is 1.44 bits per heavy atom. The molecule has 0 radical (unpaired) electrons. The zero-order valence-electron chi connectivity index (χ0n) is 9.58. The van der Waals surface area contributed by atoms with E-state index in [9.17, 15) is 4.79 Å². The van der Waals surface area contributed by atoms with Crippen molar-refractivity contribution in [2.24, 2.45) is 0 Å². The van der Waals surface area contributed by atoms with Crippen molar-refractivity contribution in [1.29, 1.82) is 0 Å². The van der Waals surface area contributed by atoms with Crippen LogP contribution in [0.25, 0.3) is 0 Å². The van der Waals surface area contributed by atoms with E-state index in [2.05, 4.69) is 5.32 Å². The summed E-state index contributed by atoms with van der Waals surface area (Å²) in [5.74, 6) is -0.227. The van der Waals surface area contributed by atoms with Gasteiger partial charge in [-0.2, -0.15) is 0 Å². The quantitative estimate of drug-likeness (QED) is 0.777. The molecule has 0 unspecified atom stereocenters. The van der Waals surface area contributed by atoms with E-state index in [-0.39, 0.29) is 5.97 Å². The number of nitrogens with one attached hydrogen (secondary N) is 1. The van der Waals surface area contributed by atoms with Crippen molar-refractivity contribution in [2.75, 3.05) is 18.5 Å². The highest BCUT2D eigenvalue weighted by Gasteiger charge is 2.11. The van der Waals surface area contributed by atoms with Gasteiger partial charge >= 0.3 is 5.97 Å². The molecule has 16 heavy (non-hydrogen) atoms. The van der Waals surface area contributed by atoms with Gasteiger partial charge in [0.15, 0.2) is 0 Å². The molecule has 0 aromatic heterocycles. The Morgan fingerprint density at radius 3 is 3.12 bits per heavy atom. The van der Waals surface area contributed by atoms with Crippen molar-refractivity contribution >= 4 is 11.7 Å². The molecule has 0 saturated heterocycles. The van der Waals surface area contributed by atoms with Crippen LogP contribution in [0.5, 0.6) is 0 Å². The Hall–Kier alpha value is -1.51. The maximum Gasteiger partial charge on any atom is 0.338 e. The summed E-state index contributed by atoms with van der Waals surface area (Å²) in [5, 5.41) is 3.37. The summed E-state index contributed by atoms with van der Waals surface area (Å²) in [6.07, 6.45) is 3.39. The van der Waals surface area contributed by atoms with E-state index >= 15 is 0 Å². The van der Waals surface area contributed by atoms with Crippen LogP contribution in [0, 0.1) is 0 Å². The molecule has 1 aliphatic heterocycles. The molecule has 1 N–H and O–H groups in total. The number of ether oxygens (including phenoxy) is 1. The Morgan fingerprint density at radius 2 is 2.31 bits per heavy atom. The Kier molecular flexibility index (Phi) is 3.44. The fraction of sp³-hybridized carbons (Fsp3) is 0.462. The second-order valence-electron chi connectivity index (χ2n) is 3.98. The molecule has 86 valence electrons. The Bertz CT molecular complexity index is 388. The monoisotopic (exact) mass is 219 g/mol. The van der Waals surface area contributed by atoms with Crippen molar-refractivity contribution in [3.63, 3.8) is 0 Å². The largest absolute Gasteiger partial charge is 0.462 e. The molecule has 2 rings (SSSR count). The molecule has 0 spiro atoms. The lowest BCUT2D eigenvalue weighted by molar-refractivity contribution is 0.0526. The summed E-state index contributed by atoms with van der Waals surface area (Å²) < 4.78 is 4.99. The standard InChI is InChI=1S/C13H17NO2/c1-2-16-13(15)11-6-7-12-10(9-11)5-3-4-8-14-12/h6-7,9,14H,2-5,8H2,1H3. The summed E-state index contributed by atoms with van der Waals surface area (Å²) in [6.45, 7) is 3.27. The van der Waals surface area contributed by atoms with E-state index in [1.54, 1.807) is 0 Å². The number of esters is 1. The molecule has 3 heteroatoms. The molecule has 1 heterocycles. The van der Waals surface area contributed by atoms with E-state index in [0.717, 1.165) is 18.7 Å². The van der Waals surface area contributed by atoms with Crippen LogP contribution >= 0.6 is 0 Å². The SMILES string of the molecule is CCOC(=O)c1ccc2c(c1)CCCCN2. The van der Waals surface area contributed by atoms with Gasteiger partial charge in [-0.15, -0.1) is 0 Å². The minimum atomic E-state index is -0.227. The minimum absolute atomic E-state index is 0.227. The van der Waals surface area contributed by atoms with Crippen molar-refractivity contribution in [1.82, 2.24) is 0 Å². The maximum atomic E-state index is 11.6. The Labute approximate surface area is 95.8 Å². The molecular formula is C13H17NO2. The molecule has 1 aromatic rings. The molecule has 0 fully saturated rings. The van der Waals surface area contributed by atoms with Crippen LogP contribution < -0.4 is 5.32 Å². The molecule has 0 aliphatic carbocycles. The topological polar surface area (TPSA) is 38.3 Å². The predicted molar refractivity (Wildman–Crippen MR) is 63.8 cm³/mol. The predicted octanol–water partition coefficient (Wildman–Crippen LogP) is 2.61. The molecule has 1 aromatic carbocycles. The average molecular weight is 219 g/mol. The number of hydrogen-bond donors (Lipinski definition) is 1. The smallest absolute Gasteiger partial charge is 0.338 e. The number of carbonyl (C=O) groups excluding carboxylic acids is 1.